The molecular formula is C13H18N2O4S. The highest BCUT2D eigenvalue weighted by Gasteiger charge is 2.21. The molecule has 1 aromatic carbocycles. The lowest BCUT2D eigenvalue weighted by Crippen LogP contribution is -2.36. The lowest BCUT2D eigenvalue weighted by atomic mass is 10.1. The Morgan fingerprint density at radius 2 is 2.20 bits per heavy atom. The summed E-state index contributed by atoms with van der Waals surface area (Å²) in [7, 11) is 0. The molecule has 0 saturated carbocycles. The maximum absolute atomic E-state index is 11.6. The van der Waals surface area contributed by atoms with Crippen molar-refractivity contribution in [2.45, 2.75) is 19.4 Å². The SMILES string of the molecule is CSCC(C)(O)CNc1ccc([N+](=O)[O-])cc1C(C)=O. The van der Waals surface area contributed by atoms with E-state index in [0.29, 0.717) is 11.4 Å². The van der Waals surface area contributed by atoms with E-state index in [0.717, 1.165) is 0 Å². The maximum atomic E-state index is 11.6. The molecule has 0 amide bonds. The average molecular weight is 298 g/mol. The molecule has 0 aliphatic carbocycles. The number of benzene rings is 1. The van der Waals surface area contributed by atoms with E-state index in [4.69, 9.17) is 0 Å². The molecule has 2 N–H and O–H groups in total. The van der Waals surface area contributed by atoms with Gasteiger partial charge in [0, 0.05) is 35.7 Å². The number of non-ortho nitro benzene ring substituents is 1. The second kappa shape index (κ2) is 6.71. The van der Waals surface area contributed by atoms with Gasteiger partial charge in [-0.15, -0.1) is 0 Å². The van der Waals surface area contributed by atoms with E-state index in [1.165, 1.54) is 36.9 Å². The van der Waals surface area contributed by atoms with Gasteiger partial charge in [-0.25, -0.2) is 0 Å². The summed E-state index contributed by atoms with van der Waals surface area (Å²) >= 11 is 1.51. The van der Waals surface area contributed by atoms with Gasteiger partial charge in [0.1, 0.15) is 0 Å². The molecule has 1 atom stereocenters. The van der Waals surface area contributed by atoms with E-state index in [9.17, 15) is 20.0 Å². The van der Waals surface area contributed by atoms with Gasteiger partial charge in [0.05, 0.1) is 10.5 Å². The number of hydrogen-bond donors (Lipinski definition) is 2. The third-order valence-electron chi connectivity index (χ3n) is 2.71. The van der Waals surface area contributed by atoms with Crippen molar-refractivity contribution in [1.82, 2.24) is 0 Å². The molecule has 6 nitrogen and oxygen atoms in total. The molecule has 0 heterocycles. The van der Waals surface area contributed by atoms with Gasteiger partial charge >= 0.3 is 0 Å². The van der Waals surface area contributed by atoms with Crippen molar-refractivity contribution in [2.24, 2.45) is 0 Å². The summed E-state index contributed by atoms with van der Waals surface area (Å²) in [6, 6.07) is 4.07. The van der Waals surface area contributed by atoms with Crippen LogP contribution < -0.4 is 5.32 Å². The Labute approximate surface area is 121 Å². The summed E-state index contributed by atoms with van der Waals surface area (Å²) in [5.74, 6) is 0.281. The number of nitro groups is 1. The zero-order valence-corrected chi connectivity index (χ0v) is 12.5. The van der Waals surface area contributed by atoms with Gasteiger partial charge in [-0.3, -0.25) is 14.9 Å². The van der Waals surface area contributed by atoms with Crippen LogP contribution in [-0.4, -0.2) is 40.0 Å². The first kappa shape index (κ1) is 16.5. The van der Waals surface area contributed by atoms with Gasteiger partial charge in [0.25, 0.3) is 5.69 Å². The third-order valence-corrected chi connectivity index (χ3v) is 3.62. The fourth-order valence-corrected chi connectivity index (χ4v) is 2.46. The molecule has 7 heteroatoms. The molecule has 0 aliphatic rings. The van der Waals surface area contributed by atoms with Crippen molar-refractivity contribution in [3.8, 4) is 0 Å². The second-order valence-electron chi connectivity index (χ2n) is 4.83. The average Bonchev–Trinajstić information content (AvgIpc) is 2.36. The number of carbonyl (C=O) groups is 1. The normalized spacial score (nSPS) is 13.6. The predicted octanol–water partition coefficient (Wildman–Crippen LogP) is 2.32. The number of ketones is 1. The summed E-state index contributed by atoms with van der Waals surface area (Å²) < 4.78 is 0. The van der Waals surface area contributed by atoms with Crippen LogP contribution in [-0.2, 0) is 0 Å². The van der Waals surface area contributed by atoms with E-state index in [2.05, 4.69) is 5.32 Å². The van der Waals surface area contributed by atoms with E-state index >= 15 is 0 Å². The Morgan fingerprint density at radius 1 is 1.55 bits per heavy atom. The number of nitro benzene ring substituents is 1. The minimum absolute atomic E-state index is 0.128. The van der Waals surface area contributed by atoms with Crippen LogP contribution in [0.25, 0.3) is 0 Å². The molecular weight excluding hydrogens is 280 g/mol. The molecule has 1 rings (SSSR count). The molecule has 0 bridgehead atoms. The van der Waals surface area contributed by atoms with Crippen molar-refractivity contribution in [3.63, 3.8) is 0 Å². The van der Waals surface area contributed by atoms with Crippen molar-refractivity contribution in [3.05, 3.63) is 33.9 Å². The fourth-order valence-electron chi connectivity index (χ4n) is 1.74. The molecule has 0 radical (unpaired) electrons. The molecule has 1 aromatic rings. The van der Waals surface area contributed by atoms with E-state index in [1.807, 2.05) is 6.26 Å². The van der Waals surface area contributed by atoms with Gasteiger partial charge in [-0.2, -0.15) is 11.8 Å². The van der Waals surface area contributed by atoms with E-state index < -0.39 is 10.5 Å². The van der Waals surface area contributed by atoms with Gasteiger partial charge in [0.2, 0.25) is 0 Å². The summed E-state index contributed by atoms with van der Waals surface area (Å²) in [5, 5.41) is 23.8. The number of anilines is 1. The second-order valence-corrected chi connectivity index (χ2v) is 5.69. The maximum Gasteiger partial charge on any atom is 0.270 e. The fraction of sp³-hybridized carbons (Fsp3) is 0.462. The molecule has 0 aliphatic heterocycles. The molecule has 0 fully saturated rings. The van der Waals surface area contributed by atoms with Crippen molar-refractivity contribution >= 4 is 28.9 Å². The molecule has 0 saturated heterocycles. The molecule has 0 aromatic heterocycles. The summed E-state index contributed by atoms with van der Waals surface area (Å²) in [6.45, 7) is 3.30. The monoisotopic (exact) mass is 298 g/mol. The van der Waals surface area contributed by atoms with Gasteiger partial charge in [-0.05, 0) is 26.2 Å². The Morgan fingerprint density at radius 3 is 2.70 bits per heavy atom. The standard InChI is InChI=1S/C13H18N2O4S/c1-9(16)11-6-10(15(18)19)4-5-12(11)14-7-13(2,17)8-20-3/h4-6,14,17H,7-8H2,1-3H3. The largest absolute Gasteiger partial charge is 0.387 e. The highest BCUT2D eigenvalue weighted by atomic mass is 32.2. The minimum atomic E-state index is -0.921. The lowest BCUT2D eigenvalue weighted by molar-refractivity contribution is -0.384. The van der Waals surface area contributed by atoms with Gasteiger partial charge in [0.15, 0.2) is 5.78 Å². The number of rotatable bonds is 7. The van der Waals surface area contributed by atoms with Crippen LogP contribution in [0.5, 0.6) is 0 Å². The summed E-state index contributed by atoms with van der Waals surface area (Å²) in [4.78, 5) is 21.7. The molecule has 20 heavy (non-hydrogen) atoms. The van der Waals surface area contributed by atoms with Gasteiger partial charge < -0.3 is 10.4 Å². The zero-order valence-electron chi connectivity index (χ0n) is 11.7. The Bertz CT molecular complexity index is 517. The number of nitrogens with one attached hydrogen (secondary N) is 1. The smallest absolute Gasteiger partial charge is 0.270 e. The van der Waals surface area contributed by atoms with E-state index in [-0.39, 0.29) is 23.6 Å². The van der Waals surface area contributed by atoms with Crippen molar-refractivity contribution in [2.75, 3.05) is 23.9 Å². The highest BCUT2D eigenvalue weighted by molar-refractivity contribution is 7.98. The van der Waals surface area contributed by atoms with Crippen LogP contribution in [0.4, 0.5) is 11.4 Å². The van der Waals surface area contributed by atoms with Crippen LogP contribution in [0.1, 0.15) is 24.2 Å². The van der Waals surface area contributed by atoms with Crippen LogP contribution >= 0.6 is 11.8 Å². The first-order valence-electron chi connectivity index (χ1n) is 6.01. The number of nitrogens with zero attached hydrogens (tertiary/aromatic N) is 1. The Hall–Kier alpha value is -1.60. The number of Topliss-reactive ketones (excluding diaryl/α,β-unsaturated/α-hetero) is 1. The molecule has 0 spiro atoms. The molecule has 110 valence electrons. The lowest BCUT2D eigenvalue weighted by Gasteiger charge is -2.23. The Balaban J connectivity index is 2.95. The summed E-state index contributed by atoms with van der Waals surface area (Å²) in [5.41, 5.74) is -0.310. The Kier molecular flexibility index (Phi) is 5.52. The van der Waals surface area contributed by atoms with Crippen LogP contribution in [0, 0.1) is 10.1 Å². The van der Waals surface area contributed by atoms with Crippen LogP contribution in [0.15, 0.2) is 18.2 Å². The van der Waals surface area contributed by atoms with Gasteiger partial charge in [-0.1, -0.05) is 0 Å². The van der Waals surface area contributed by atoms with Crippen LogP contribution in [0.3, 0.4) is 0 Å². The molecule has 1 unspecified atom stereocenters. The predicted molar refractivity (Wildman–Crippen MR) is 80.6 cm³/mol. The number of aliphatic hydroxyl groups is 1. The first-order valence-corrected chi connectivity index (χ1v) is 7.41. The zero-order chi connectivity index (χ0) is 15.3. The number of thioether (sulfide) groups is 1. The van der Waals surface area contributed by atoms with Crippen LogP contribution in [0.2, 0.25) is 0 Å². The van der Waals surface area contributed by atoms with E-state index in [1.54, 1.807) is 6.92 Å². The quantitative estimate of drug-likeness (QED) is 0.456. The summed E-state index contributed by atoms with van der Waals surface area (Å²) in [6.07, 6.45) is 1.89. The number of carbonyl (C=O) groups excluding carboxylic acids is 1. The van der Waals surface area contributed by atoms with Crippen molar-refractivity contribution < 1.29 is 14.8 Å². The minimum Gasteiger partial charge on any atom is -0.387 e. The third kappa shape index (κ3) is 4.50. The van der Waals surface area contributed by atoms with Crippen molar-refractivity contribution in [1.29, 1.82) is 0 Å². The number of hydrogen-bond acceptors (Lipinski definition) is 6. The highest BCUT2D eigenvalue weighted by Crippen LogP contribution is 2.23. The topological polar surface area (TPSA) is 92.5 Å². The first-order chi connectivity index (χ1) is 9.26.